The molecule has 0 radical (unpaired) electrons. The van der Waals surface area contributed by atoms with Crippen LogP contribution in [0.4, 0.5) is 3.89 Å². The van der Waals surface area contributed by atoms with Gasteiger partial charge in [-0.25, -0.2) is 0 Å². The van der Waals surface area contributed by atoms with E-state index in [0.29, 0.717) is 0 Å². The van der Waals surface area contributed by atoms with Crippen molar-refractivity contribution in [1.82, 2.24) is 4.90 Å². The number of nitrogens with zero attached hydrogens (tertiary/aromatic N) is 1. The van der Waals surface area contributed by atoms with Crippen LogP contribution in [-0.2, 0) is 19.8 Å². The Kier molecular flexibility index (Phi) is 2.74. The van der Waals surface area contributed by atoms with Gasteiger partial charge in [-0.1, -0.05) is 0 Å². The lowest BCUT2D eigenvalue weighted by molar-refractivity contribution is -0.142. The van der Waals surface area contributed by atoms with Crippen molar-refractivity contribution < 1.29 is 27.0 Å². The van der Waals surface area contributed by atoms with E-state index in [0.717, 1.165) is 4.90 Å². The molecule has 1 fully saturated rings. The molecule has 14 heavy (non-hydrogen) atoms. The number of carbonyl (C=O) groups excluding carboxylic acids is 1. The van der Waals surface area contributed by atoms with E-state index in [1.165, 1.54) is 0 Å². The molecule has 80 valence electrons. The average molecular weight is 225 g/mol. The Morgan fingerprint density at radius 1 is 1.64 bits per heavy atom. The largest absolute Gasteiger partial charge is 0.480 e. The summed E-state index contributed by atoms with van der Waals surface area (Å²) in [6.45, 7) is -0.977. The molecule has 0 bridgehead atoms. The maximum atomic E-state index is 12.4. The average Bonchev–Trinajstić information content (AvgIpc) is 2.30. The molecule has 0 aromatic rings. The molecule has 0 saturated carbocycles. The minimum absolute atomic E-state index is 0.385. The van der Waals surface area contributed by atoms with E-state index in [1.54, 1.807) is 0 Å². The predicted octanol–water partition coefficient (Wildman–Crippen LogP) is -1.03. The molecular weight excluding hydrogens is 217 g/mol. The fourth-order valence-electron chi connectivity index (χ4n) is 1.24. The zero-order valence-electron chi connectivity index (χ0n) is 7.01. The summed E-state index contributed by atoms with van der Waals surface area (Å²) in [5.74, 6) is -1.91. The smallest absolute Gasteiger partial charge is 0.323 e. The standard InChI is InChI=1S/C6H8FNO5S/c7-14(12,13)4-1-5(9)8(2-4)3-6(10)11/h4H,1-3H2,(H,10,11). The molecule has 6 nitrogen and oxygen atoms in total. The number of carbonyl (C=O) groups is 2. The highest BCUT2D eigenvalue weighted by molar-refractivity contribution is 7.87. The van der Waals surface area contributed by atoms with Gasteiger partial charge in [-0.05, 0) is 0 Å². The van der Waals surface area contributed by atoms with Gasteiger partial charge in [0.25, 0.3) is 0 Å². The number of carboxylic acid groups (broad SMARTS) is 1. The van der Waals surface area contributed by atoms with Gasteiger partial charge in [0.1, 0.15) is 11.8 Å². The maximum Gasteiger partial charge on any atom is 0.323 e. The third kappa shape index (κ3) is 2.41. The monoisotopic (exact) mass is 225 g/mol. The van der Waals surface area contributed by atoms with Crippen LogP contribution in [0.3, 0.4) is 0 Å². The molecule has 0 spiro atoms. The summed E-state index contributed by atoms with van der Waals surface area (Å²) < 4.78 is 33.3. The van der Waals surface area contributed by atoms with Crippen molar-refractivity contribution >= 4 is 22.1 Å². The van der Waals surface area contributed by atoms with Crippen molar-refractivity contribution in [2.24, 2.45) is 0 Å². The van der Waals surface area contributed by atoms with Gasteiger partial charge >= 0.3 is 16.2 Å². The number of halogens is 1. The van der Waals surface area contributed by atoms with Crippen LogP contribution in [0.5, 0.6) is 0 Å². The molecule has 0 aliphatic carbocycles. The molecule has 1 heterocycles. The lowest BCUT2D eigenvalue weighted by atomic mass is 10.4. The number of hydrogen-bond acceptors (Lipinski definition) is 4. The summed E-state index contributed by atoms with van der Waals surface area (Å²) in [5, 5.41) is 6.92. The molecule has 1 N–H and O–H groups in total. The first-order chi connectivity index (χ1) is 6.30. The van der Waals surface area contributed by atoms with Crippen molar-refractivity contribution in [2.45, 2.75) is 11.7 Å². The second-order valence-electron chi connectivity index (χ2n) is 2.97. The minimum atomic E-state index is -4.76. The van der Waals surface area contributed by atoms with Crippen LogP contribution in [0.2, 0.25) is 0 Å². The fraction of sp³-hybridized carbons (Fsp3) is 0.667. The second kappa shape index (κ2) is 3.52. The van der Waals surface area contributed by atoms with Gasteiger partial charge in [0, 0.05) is 13.0 Å². The zero-order valence-corrected chi connectivity index (χ0v) is 7.83. The van der Waals surface area contributed by atoms with E-state index in [2.05, 4.69) is 0 Å². The normalized spacial score (nSPS) is 22.8. The lowest BCUT2D eigenvalue weighted by Gasteiger charge is -2.11. The molecule has 1 amide bonds. The predicted molar refractivity (Wildman–Crippen MR) is 42.6 cm³/mol. The van der Waals surface area contributed by atoms with Crippen LogP contribution in [0.25, 0.3) is 0 Å². The number of hydrogen-bond donors (Lipinski definition) is 1. The van der Waals surface area contributed by atoms with E-state index >= 15 is 0 Å². The highest BCUT2D eigenvalue weighted by Crippen LogP contribution is 2.19. The van der Waals surface area contributed by atoms with Gasteiger partial charge in [0.15, 0.2) is 0 Å². The van der Waals surface area contributed by atoms with Gasteiger partial charge in [-0.15, -0.1) is 3.89 Å². The molecule has 0 aromatic carbocycles. The van der Waals surface area contributed by atoms with Crippen LogP contribution >= 0.6 is 0 Å². The summed E-state index contributed by atoms with van der Waals surface area (Å²) in [4.78, 5) is 22.0. The molecule has 1 aliphatic rings. The summed E-state index contributed by atoms with van der Waals surface area (Å²) >= 11 is 0. The SMILES string of the molecule is O=C(O)CN1CC(S(=O)(=O)F)CC1=O. The van der Waals surface area contributed by atoms with Crippen LogP contribution in [0.1, 0.15) is 6.42 Å². The Bertz CT molecular complexity index is 364. The summed E-state index contributed by atoms with van der Waals surface area (Å²) in [7, 11) is -4.76. The van der Waals surface area contributed by atoms with Gasteiger partial charge in [0.05, 0.1) is 0 Å². The number of likely N-dealkylation sites (tertiary alicyclic amines) is 1. The number of rotatable bonds is 3. The van der Waals surface area contributed by atoms with Crippen LogP contribution < -0.4 is 0 Å². The maximum absolute atomic E-state index is 12.4. The zero-order chi connectivity index (χ0) is 10.9. The van der Waals surface area contributed by atoms with E-state index in [9.17, 15) is 21.9 Å². The van der Waals surface area contributed by atoms with Crippen molar-refractivity contribution in [1.29, 1.82) is 0 Å². The molecule has 1 rings (SSSR count). The summed E-state index contributed by atoms with van der Waals surface area (Å²) in [6, 6.07) is 0. The van der Waals surface area contributed by atoms with Crippen molar-refractivity contribution in [3.05, 3.63) is 0 Å². The summed E-state index contributed by atoms with van der Waals surface area (Å²) in [6.07, 6.45) is -0.480. The van der Waals surface area contributed by atoms with E-state index in [4.69, 9.17) is 5.11 Å². The van der Waals surface area contributed by atoms with Gasteiger partial charge in [0.2, 0.25) is 5.91 Å². The topological polar surface area (TPSA) is 91.8 Å². The van der Waals surface area contributed by atoms with E-state index in [1.807, 2.05) is 0 Å². The molecule has 1 aliphatic heterocycles. The highest BCUT2D eigenvalue weighted by atomic mass is 32.3. The van der Waals surface area contributed by atoms with Gasteiger partial charge in [-0.2, -0.15) is 8.42 Å². The second-order valence-corrected chi connectivity index (χ2v) is 4.59. The van der Waals surface area contributed by atoms with Crippen molar-refractivity contribution in [3.63, 3.8) is 0 Å². The minimum Gasteiger partial charge on any atom is -0.480 e. The van der Waals surface area contributed by atoms with Crippen LogP contribution in [0, 0.1) is 0 Å². The van der Waals surface area contributed by atoms with Crippen LogP contribution in [0.15, 0.2) is 0 Å². The quantitative estimate of drug-likeness (QED) is 0.620. The molecule has 1 atom stereocenters. The lowest BCUT2D eigenvalue weighted by Crippen LogP contribution is -2.32. The Hall–Kier alpha value is -1.18. The first-order valence-corrected chi connectivity index (χ1v) is 5.18. The third-order valence-corrected chi connectivity index (χ3v) is 3.02. The van der Waals surface area contributed by atoms with Gasteiger partial charge in [-0.3, -0.25) is 9.59 Å². The molecule has 1 unspecified atom stereocenters. The van der Waals surface area contributed by atoms with Crippen molar-refractivity contribution in [2.75, 3.05) is 13.1 Å². The highest BCUT2D eigenvalue weighted by Gasteiger charge is 2.38. The van der Waals surface area contributed by atoms with Crippen molar-refractivity contribution in [3.8, 4) is 0 Å². The Morgan fingerprint density at radius 3 is 2.57 bits per heavy atom. The number of aliphatic carboxylic acids is 1. The first kappa shape index (κ1) is 10.9. The number of amides is 1. The molecule has 1 saturated heterocycles. The fourth-order valence-corrected chi connectivity index (χ4v) is 1.94. The van der Waals surface area contributed by atoms with E-state index in [-0.39, 0.29) is 6.54 Å². The first-order valence-electron chi connectivity index (χ1n) is 3.73. The third-order valence-electron chi connectivity index (χ3n) is 1.90. The Morgan fingerprint density at radius 2 is 2.21 bits per heavy atom. The molecule has 8 heteroatoms. The number of carboxylic acids is 1. The van der Waals surface area contributed by atoms with E-state index < -0.39 is 40.3 Å². The molecule has 0 aromatic heterocycles. The molecular formula is C6H8FNO5S. The Labute approximate surface area is 79.5 Å². The van der Waals surface area contributed by atoms with Crippen LogP contribution in [-0.4, -0.2) is 48.6 Å². The Balaban J connectivity index is 2.70. The summed E-state index contributed by atoms with van der Waals surface area (Å²) in [5.41, 5.74) is 0. The van der Waals surface area contributed by atoms with Gasteiger partial charge < -0.3 is 10.0 Å².